The van der Waals surface area contributed by atoms with Gasteiger partial charge in [-0.2, -0.15) is 0 Å². The van der Waals surface area contributed by atoms with E-state index < -0.39 is 23.7 Å². The lowest BCUT2D eigenvalue weighted by atomic mass is 10.0. The van der Waals surface area contributed by atoms with Crippen LogP contribution in [0.3, 0.4) is 0 Å². The summed E-state index contributed by atoms with van der Waals surface area (Å²) >= 11 is 0. The maximum absolute atomic E-state index is 12.0. The molecule has 22 heavy (non-hydrogen) atoms. The van der Waals surface area contributed by atoms with E-state index in [4.69, 9.17) is 9.84 Å². The molecule has 1 atom stereocenters. The molecule has 0 saturated heterocycles. The highest BCUT2D eigenvalue weighted by Crippen LogP contribution is 2.42. The molecule has 6 heteroatoms. The second-order valence-electron chi connectivity index (χ2n) is 6.28. The van der Waals surface area contributed by atoms with Crippen LogP contribution in [-0.2, 0) is 16.0 Å². The van der Waals surface area contributed by atoms with E-state index in [0.717, 1.165) is 18.4 Å². The summed E-state index contributed by atoms with van der Waals surface area (Å²) in [5.74, 6) is -0.866. The number of carboxylic acid groups (broad SMARTS) is 1. The number of ether oxygens (including phenoxy) is 1. The van der Waals surface area contributed by atoms with Gasteiger partial charge in [0.1, 0.15) is 11.6 Å². The lowest BCUT2D eigenvalue weighted by Gasteiger charge is -2.20. The topological polar surface area (TPSA) is 88.5 Å². The number of pyridine rings is 1. The fourth-order valence-corrected chi connectivity index (χ4v) is 2.39. The molecule has 1 heterocycles. The Balaban J connectivity index is 1.89. The zero-order valence-corrected chi connectivity index (χ0v) is 12.9. The van der Waals surface area contributed by atoms with Crippen molar-refractivity contribution in [2.24, 2.45) is 5.92 Å². The molecule has 0 bridgehead atoms. The van der Waals surface area contributed by atoms with E-state index in [2.05, 4.69) is 10.3 Å². The summed E-state index contributed by atoms with van der Waals surface area (Å²) in [5.41, 5.74) is 0.498. The molecule has 1 aliphatic rings. The first-order chi connectivity index (χ1) is 10.4. The number of hydrogen-bond donors (Lipinski definition) is 2. The molecule has 0 aliphatic heterocycles. The summed E-state index contributed by atoms with van der Waals surface area (Å²) in [5, 5.41) is 11.6. The van der Waals surface area contributed by atoms with Crippen LogP contribution in [0.5, 0.6) is 0 Å². The van der Waals surface area contributed by atoms with Gasteiger partial charge >= 0.3 is 12.1 Å². The molecule has 0 aromatic carbocycles. The molecule has 2 rings (SSSR count). The molecular weight excluding hydrogens is 284 g/mol. The second-order valence-corrected chi connectivity index (χ2v) is 6.28. The second kappa shape index (κ2) is 6.77. The molecule has 1 fully saturated rings. The first-order valence-electron chi connectivity index (χ1n) is 7.51. The fourth-order valence-electron chi connectivity index (χ4n) is 2.39. The van der Waals surface area contributed by atoms with Crippen LogP contribution in [0.15, 0.2) is 24.5 Å². The molecule has 1 aromatic heterocycles. The summed E-state index contributed by atoms with van der Waals surface area (Å²) in [6, 6.07) is 2.86. The number of aliphatic carboxylic acids is 1. The summed E-state index contributed by atoms with van der Waals surface area (Å²) in [7, 11) is 0. The van der Waals surface area contributed by atoms with Crippen molar-refractivity contribution in [1.82, 2.24) is 10.3 Å². The number of hydrogen-bond acceptors (Lipinski definition) is 4. The van der Waals surface area contributed by atoms with Gasteiger partial charge in [0.2, 0.25) is 0 Å². The fraction of sp³-hybridized carbons (Fsp3) is 0.562. The van der Waals surface area contributed by atoms with E-state index in [1.165, 1.54) is 0 Å². The van der Waals surface area contributed by atoms with Crippen LogP contribution in [0.2, 0.25) is 0 Å². The van der Waals surface area contributed by atoms with Gasteiger partial charge in [0, 0.05) is 18.8 Å². The monoisotopic (exact) mass is 306 g/mol. The summed E-state index contributed by atoms with van der Waals surface area (Å²) in [6.07, 6.45) is 5.35. The molecule has 0 unspecified atom stereocenters. The molecule has 1 aromatic rings. The molecule has 0 spiro atoms. The number of carbonyl (C=O) groups is 2. The van der Waals surface area contributed by atoms with Crippen LogP contribution in [0.1, 0.15) is 38.7 Å². The molecule has 0 radical (unpaired) electrons. The average Bonchev–Trinajstić information content (AvgIpc) is 3.17. The van der Waals surface area contributed by atoms with Gasteiger partial charge in [0.15, 0.2) is 0 Å². The third kappa shape index (κ3) is 4.72. The Kier molecular flexibility index (Phi) is 5.00. The highest BCUT2D eigenvalue weighted by Gasteiger charge is 2.47. The Labute approximate surface area is 129 Å². The van der Waals surface area contributed by atoms with Gasteiger partial charge in [-0.25, -0.2) is 9.59 Å². The van der Waals surface area contributed by atoms with Gasteiger partial charge in [-0.15, -0.1) is 0 Å². The van der Waals surface area contributed by atoms with Crippen molar-refractivity contribution in [2.75, 3.05) is 0 Å². The Hall–Kier alpha value is -2.11. The third-order valence-corrected chi connectivity index (χ3v) is 3.66. The van der Waals surface area contributed by atoms with Crippen molar-refractivity contribution in [2.45, 2.75) is 51.2 Å². The smallest absolute Gasteiger partial charge is 0.408 e. The van der Waals surface area contributed by atoms with Crippen molar-refractivity contribution in [3.05, 3.63) is 30.1 Å². The largest absolute Gasteiger partial charge is 0.480 e. The molecule has 2 N–H and O–H groups in total. The van der Waals surface area contributed by atoms with Gasteiger partial charge in [0.05, 0.1) is 0 Å². The van der Waals surface area contributed by atoms with Crippen LogP contribution < -0.4 is 5.32 Å². The first-order valence-corrected chi connectivity index (χ1v) is 7.51. The maximum atomic E-state index is 12.0. The van der Waals surface area contributed by atoms with Gasteiger partial charge in [0.25, 0.3) is 0 Å². The highest BCUT2D eigenvalue weighted by atomic mass is 16.6. The van der Waals surface area contributed by atoms with Crippen LogP contribution >= 0.6 is 0 Å². The standard InChI is InChI=1S/C16H22N2O4/c1-11(2)8-13(14(19)20)18-15(21)22-16(5-6-16)9-12-4-3-7-17-10-12/h3-4,7,10-11,13H,5-6,8-9H2,1-2H3,(H,18,21)(H,19,20)/t13-/m0/s1. The average molecular weight is 306 g/mol. The SMILES string of the molecule is CC(C)C[C@H](NC(=O)OC1(Cc2cccnc2)CC1)C(=O)O. The normalized spacial score (nSPS) is 16.9. The first kappa shape index (κ1) is 16.3. The Morgan fingerprint density at radius 2 is 2.18 bits per heavy atom. The molecule has 1 saturated carbocycles. The van der Waals surface area contributed by atoms with Crippen LogP contribution in [0.4, 0.5) is 4.79 Å². The number of aromatic nitrogens is 1. The van der Waals surface area contributed by atoms with Gasteiger partial charge in [-0.1, -0.05) is 19.9 Å². The number of rotatable bonds is 7. The van der Waals surface area contributed by atoms with Crippen molar-refractivity contribution in [3.8, 4) is 0 Å². The molecule has 6 nitrogen and oxygen atoms in total. The minimum Gasteiger partial charge on any atom is -0.480 e. The zero-order valence-electron chi connectivity index (χ0n) is 12.9. The summed E-state index contributed by atoms with van der Waals surface area (Å²) < 4.78 is 5.47. The van der Waals surface area contributed by atoms with E-state index in [9.17, 15) is 9.59 Å². The van der Waals surface area contributed by atoms with E-state index >= 15 is 0 Å². The number of carboxylic acids is 1. The number of alkyl carbamates (subject to hydrolysis) is 1. The van der Waals surface area contributed by atoms with E-state index in [1.807, 2.05) is 26.0 Å². The van der Waals surface area contributed by atoms with E-state index in [-0.39, 0.29) is 5.92 Å². The predicted molar refractivity (Wildman–Crippen MR) is 80.4 cm³/mol. The number of nitrogens with one attached hydrogen (secondary N) is 1. The lowest BCUT2D eigenvalue weighted by molar-refractivity contribution is -0.139. The van der Waals surface area contributed by atoms with Crippen molar-refractivity contribution >= 4 is 12.1 Å². The van der Waals surface area contributed by atoms with Gasteiger partial charge in [-0.05, 0) is 36.8 Å². The van der Waals surface area contributed by atoms with Crippen LogP contribution in [0.25, 0.3) is 0 Å². The van der Waals surface area contributed by atoms with Crippen LogP contribution in [-0.4, -0.2) is 33.8 Å². The minimum atomic E-state index is -1.04. The number of carbonyl (C=O) groups excluding carboxylic acids is 1. The Morgan fingerprint density at radius 1 is 1.45 bits per heavy atom. The lowest BCUT2D eigenvalue weighted by Crippen LogP contribution is -2.43. The number of nitrogens with zero attached hydrogens (tertiary/aromatic N) is 1. The summed E-state index contributed by atoms with van der Waals surface area (Å²) in [6.45, 7) is 3.82. The van der Waals surface area contributed by atoms with Crippen molar-refractivity contribution in [1.29, 1.82) is 0 Å². The molecule has 1 amide bonds. The molecule has 1 aliphatic carbocycles. The zero-order chi connectivity index (χ0) is 16.2. The highest BCUT2D eigenvalue weighted by molar-refractivity contribution is 5.80. The quantitative estimate of drug-likeness (QED) is 0.807. The number of amides is 1. The predicted octanol–water partition coefficient (Wildman–Crippen LogP) is 2.38. The van der Waals surface area contributed by atoms with Crippen molar-refractivity contribution < 1.29 is 19.4 Å². The van der Waals surface area contributed by atoms with Crippen LogP contribution in [0, 0.1) is 5.92 Å². The maximum Gasteiger partial charge on any atom is 0.408 e. The summed E-state index contributed by atoms with van der Waals surface area (Å²) in [4.78, 5) is 27.2. The Bertz CT molecular complexity index is 526. The Morgan fingerprint density at radius 3 is 2.68 bits per heavy atom. The molecule has 120 valence electrons. The van der Waals surface area contributed by atoms with Crippen molar-refractivity contribution in [3.63, 3.8) is 0 Å². The minimum absolute atomic E-state index is 0.173. The van der Waals surface area contributed by atoms with E-state index in [1.54, 1.807) is 12.4 Å². The van der Waals surface area contributed by atoms with E-state index in [0.29, 0.717) is 12.8 Å². The van der Waals surface area contributed by atoms with Gasteiger partial charge in [-0.3, -0.25) is 4.98 Å². The molecular formula is C16H22N2O4. The third-order valence-electron chi connectivity index (χ3n) is 3.66. The van der Waals surface area contributed by atoms with Gasteiger partial charge < -0.3 is 15.2 Å².